The lowest BCUT2D eigenvalue weighted by Gasteiger charge is -2.12. The lowest BCUT2D eigenvalue weighted by molar-refractivity contribution is 0.965. The number of halogens is 2. The molecule has 0 radical (unpaired) electrons. The summed E-state index contributed by atoms with van der Waals surface area (Å²) in [5, 5.41) is 1.00. The van der Waals surface area contributed by atoms with Crippen LogP contribution in [0.1, 0.15) is 28.7 Å². The Bertz CT molecular complexity index is 656. The number of aryl methyl sites for hydroxylation is 2. The lowest BCUT2D eigenvalue weighted by Crippen LogP contribution is -1.93. The van der Waals surface area contributed by atoms with E-state index in [1.165, 1.54) is 27.8 Å². The molecule has 0 aliphatic heterocycles. The van der Waals surface area contributed by atoms with Crippen molar-refractivity contribution in [3.8, 4) is 0 Å². The Kier molecular flexibility index (Phi) is 4.42. The Morgan fingerprint density at radius 3 is 2.50 bits per heavy atom. The minimum absolute atomic E-state index is 1.00. The molecule has 0 N–H and O–H groups in total. The molecule has 2 aromatic carbocycles. The van der Waals surface area contributed by atoms with Gasteiger partial charge in [0, 0.05) is 9.80 Å². The maximum atomic E-state index is 3.62. The maximum Gasteiger partial charge on any atom is 0.0181 e. The van der Waals surface area contributed by atoms with Gasteiger partial charge in [-0.2, -0.15) is 0 Å². The number of alkyl halides is 1. The van der Waals surface area contributed by atoms with Gasteiger partial charge in [-0.3, -0.25) is 0 Å². The molecule has 102 valence electrons. The van der Waals surface area contributed by atoms with Crippen LogP contribution in [-0.2, 0) is 12.8 Å². The number of benzene rings is 2. The highest BCUT2D eigenvalue weighted by atomic mass is 79.9. The van der Waals surface area contributed by atoms with Crippen LogP contribution in [0.3, 0.4) is 0 Å². The largest absolute Gasteiger partial charge is 0.0925 e. The first-order chi connectivity index (χ1) is 9.79. The molecule has 0 saturated carbocycles. The van der Waals surface area contributed by atoms with Crippen molar-refractivity contribution in [1.82, 2.24) is 0 Å². The fourth-order valence-corrected chi connectivity index (χ4v) is 3.44. The second-order valence-electron chi connectivity index (χ2n) is 5.05. The van der Waals surface area contributed by atoms with E-state index < -0.39 is 0 Å². The van der Waals surface area contributed by atoms with Crippen molar-refractivity contribution in [2.75, 3.05) is 5.33 Å². The molecule has 0 atom stereocenters. The zero-order chi connectivity index (χ0) is 13.9. The Morgan fingerprint density at radius 1 is 0.950 bits per heavy atom. The summed E-state index contributed by atoms with van der Waals surface area (Å²) < 4.78 is 1.15. The topological polar surface area (TPSA) is 0 Å². The van der Waals surface area contributed by atoms with Gasteiger partial charge < -0.3 is 0 Å². The van der Waals surface area contributed by atoms with Crippen LogP contribution in [0.4, 0.5) is 0 Å². The Balaban J connectivity index is 2.21. The molecule has 0 heterocycles. The summed E-state index contributed by atoms with van der Waals surface area (Å²) in [4.78, 5) is 0. The van der Waals surface area contributed by atoms with E-state index >= 15 is 0 Å². The summed E-state index contributed by atoms with van der Waals surface area (Å²) in [7, 11) is 0. The molecule has 0 fully saturated rings. The third-order valence-electron chi connectivity index (χ3n) is 3.79. The second kappa shape index (κ2) is 6.28. The average Bonchev–Trinajstić information content (AvgIpc) is 2.62. The van der Waals surface area contributed by atoms with E-state index in [2.05, 4.69) is 80.4 Å². The van der Waals surface area contributed by atoms with Gasteiger partial charge >= 0.3 is 0 Å². The summed E-state index contributed by atoms with van der Waals surface area (Å²) in [6, 6.07) is 15.5. The zero-order valence-corrected chi connectivity index (χ0v) is 14.4. The molecule has 3 rings (SSSR count). The van der Waals surface area contributed by atoms with Crippen molar-refractivity contribution >= 4 is 37.4 Å². The standard InChI is InChI=1S/C18H16Br2/c19-11-3-6-17-16-5-2-1-4-13(16)7-8-14-9-10-15(20)12-18(14)17/h1-2,4-6,9-10,12H,3,7-8,11H2. The fourth-order valence-electron chi connectivity index (χ4n) is 2.85. The van der Waals surface area contributed by atoms with Crippen molar-refractivity contribution in [2.45, 2.75) is 19.3 Å². The third-order valence-corrected chi connectivity index (χ3v) is 4.74. The zero-order valence-electron chi connectivity index (χ0n) is 11.2. The SMILES string of the molecule is BrCCC=C1c2ccccc2CCc2ccc(Br)cc21. The van der Waals surface area contributed by atoms with Crippen LogP contribution in [-0.4, -0.2) is 5.33 Å². The number of hydrogen-bond donors (Lipinski definition) is 0. The molecule has 20 heavy (non-hydrogen) atoms. The van der Waals surface area contributed by atoms with Gasteiger partial charge in [0.2, 0.25) is 0 Å². The highest BCUT2D eigenvalue weighted by Crippen LogP contribution is 2.35. The number of fused-ring (bicyclic) bond motifs is 2. The third kappa shape index (κ3) is 2.77. The normalized spacial score (nSPS) is 15.6. The Morgan fingerprint density at radius 2 is 1.70 bits per heavy atom. The summed E-state index contributed by atoms with van der Waals surface area (Å²) in [5.74, 6) is 0. The van der Waals surface area contributed by atoms with Crippen molar-refractivity contribution in [2.24, 2.45) is 0 Å². The second-order valence-corrected chi connectivity index (χ2v) is 6.76. The molecule has 0 bridgehead atoms. The van der Waals surface area contributed by atoms with E-state index in [1.54, 1.807) is 0 Å². The first kappa shape index (κ1) is 14.1. The molecular formula is C18H16Br2. The summed E-state index contributed by atoms with van der Waals surface area (Å²) in [6.07, 6.45) is 5.65. The van der Waals surface area contributed by atoms with Gasteiger partial charge in [-0.1, -0.05) is 68.3 Å². The maximum absolute atomic E-state index is 3.62. The van der Waals surface area contributed by atoms with Gasteiger partial charge in [-0.25, -0.2) is 0 Å². The quantitative estimate of drug-likeness (QED) is 0.570. The molecule has 1 aliphatic carbocycles. The predicted molar refractivity (Wildman–Crippen MR) is 93.5 cm³/mol. The number of rotatable bonds is 2. The van der Waals surface area contributed by atoms with Crippen molar-refractivity contribution in [1.29, 1.82) is 0 Å². The first-order valence-electron chi connectivity index (χ1n) is 6.93. The van der Waals surface area contributed by atoms with Gasteiger partial charge in [-0.05, 0) is 59.2 Å². The highest BCUT2D eigenvalue weighted by Gasteiger charge is 2.17. The van der Waals surface area contributed by atoms with Crippen molar-refractivity contribution in [3.63, 3.8) is 0 Å². The molecular weight excluding hydrogens is 376 g/mol. The molecule has 1 aliphatic rings. The first-order valence-corrected chi connectivity index (χ1v) is 8.84. The van der Waals surface area contributed by atoms with Gasteiger partial charge in [0.15, 0.2) is 0 Å². The predicted octanol–water partition coefficient (Wildman–Crippen LogP) is 5.76. The number of allylic oxidation sites excluding steroid dienone is 1. The monoisotopic (exact) mass is 390 g/mol. The van der Waals surface area contributed by atoms with Gasteiger partial charge in [0.25, 0.3) is 0 Å². The summed E-state index contributed by atoms with van der Waals surface area (Å²) in [6.45, 7) is 0. The van der Waals surface area contributed by atoms with Gasteiger partial charge in [0.05, 0.1) is 0 Å². The molecule has 0 unspecified atom stereocenters. The van der Waals surface area contributed by atoms with E-state index in [9.17, 15) is 0 Å². The van der Waals surface area contributed by atoms with E-state index in [0.717, 1.165) is 29.1 Å². The lowest BCUT2D eigenvalue weighted by atomic mass is 9.93. The van der Waals surface area contributed by atoms with Crippen LogP contribution in [0.5, 0.6) is 0 Å². The van der Waals surface area contributed by atoms with Crippen molar-refractivity contribution < 1.29 is 0 Å². The van der Waals surface area contributed by atoms with Crippen LogP contribution < -0.4 is 0 Å². The van der Waals surface area contributed by atoms with Crippen molar-refractivity contribution in [3.05, 3.63) is 75.3 Å². The van der Waals surface area contributed by atoms with Crippen LogP contribution >= 0.6 is 31.9 Å². The minimum Gasteiger partial charge on any atom is -0.0925 e. The average molecular weight is 392 g/mol. The molecule has 0 aromatic heterocycles. The van der Waals surface area contributed by atoms with Crippen LogP contribution in [0, 0.1) is 0 Å². The molecule has 0 nitrogen and oxygen atoms in total. The summed E-state index contributed by atoms with van der Waals surface area (Å²) >= 11 is 7.15. The molecule has 2 aromatic rings. The van der Waals surface area contributed by atoms with E-state index in [1.807, 2.05) is 0 Å². The van der Waals surface area contributed by atoms with Crippen LogP contribution in [0.15, 0.2) is 53.0 Å². The van der Waals surface area contributed by atoms with Gasteiger partial charge in [-0.15, -0.1) is 0 Å². The molecule has 0 amide bonds. The minimum atomic E-state index is 1.00. The molecule has 0 saturated heterocycles. The number of hydrogen-bond acceptors (Lipinski definition) is 0. The summed E-state index contributed by atoms with van der Waals surface area (Å²) in [5.41, 5.74) is 7.07. The fraction of sp³-hybridized carbons (Fsp3) is 0.222. The van der Waals surface area contributed by atoms with Crippen LogP contribution in [0.2, 0.25) is 0 Å². The Hall–Kier alpha value is -0.860. The Labute approximate surface area is 137 Å². The van der Waals surface area contributed by atoms with E-state index in [-0.39, 0.29) is 0 Å². The highest BCUT2D eigenvalue weighted by molar-refractivity contribution is 9.10. The smallest absolute Gasteiger partial charge is 0.0181 e. The van der Waals surface area contributed by atoms with Gasteiger partial charge in [0.1, 0.15) is 0 Å². The van der Waals surface area contributed by atoms with E-state index in [4.69, 9.17) is 0 Å². The van der Waals surface area contributed by atoms with Crippen LogP contribution in [0.25, 0.3) is 5.57 Å². The van der Waals surface area contributed by atoms with E-state index in [0.29, 0.717) is 0 Å². The molecule has 2 heteroatoms. The molecule has 0 spiro atoms.